The van der Waals surface area contributed by atoms with E-state index in [9.17, 15) is 24.0 Å². The summed E-state index contributed by atoms with van der Waals surface area (Å²) in [6, 6.07) is 6.95. The molecule has 1 saturated carbocycles. The summed E-state index contributed by atoms with van der Waals surface area (Å²) in [6.07, 6.45) is 5.98. The van der Waals surface area contributed by atoms with Crippen molar-refractivity contribution in [2.75, 3.05) is 13.2 Å². The first-order valence-electron chi connectivity index (χ1n) is 14.2. The number of ether oxygens (including phenoxy) is 1. The lowest BCUT2D eigenvalue weighted by Gasteiger charge is -2.31. The Labute approximate surface area is 250 Å². The number of fused-ring (bicyclic) bond motifs is 1. The molecule has 1 saturated heterocycles. The number of carbonyl (C=O) groups excluding carboxylic acids is 5. The smallest absolute Gasteiger partial charge is 0.255 e. The van der Waals surface area contributed by atoms with Gasteiger partial charge in [0.05, 0.1) is 13.2 Å². The predicted molar refractivity (Wildman–Crippen MR) is 151 cm³/mol. The fraction of sp³-hybridized carbons (Fsp3) is 0.433. The monoisotopic (exact) mass is 638 g/mol. The molecule has 2 fully saturated rings. The lowest BCUT2D eigenvalue weighted by Crippen LogP contribution is -2.52. The molecule has 6 rings (SSSR count). The van der Waals surface area contributed by atoms with Crippen LogP contribution in [0.25, 0.3) is 0 Å². The number of rotatable bonds is 8. The summed E-state index contributed by atoms with van der Waals surface area (Å²) < 4.78 is 11.7. The molecule has 0 radical (unpaired) electrons. The lowest BCUT2D eigenvalue weighted by molar-refractivity contribution is -0.140. The number of benzene rings is 1. The summed E-state index contributed by atoms with van der Waals surface area (Å²) in [5, 5.41) is 5.43. The number of nitrogens with zero attached hydrogens (tertiary/aromatic N) is 2. The number of imide groups is 1. The van der Waals surface area contributed by atoms with Crippen molar-refractivity contribution in [3.05, 3.63) is 69.1 Å². The van der Waals surface area contributed by atoms with E-state index < -0.39 is 18.0 Å². The third-order valence-electron chi connectivity index (χ3n) is 8.31. The number of amides is 5. The summed E-state index contributed by atoms with van der Waals surface area (Å²) in [7, 11) is 0. The van der Waals surface area contributed by atoms with Gasteiger partial charge in [-0.25, -0.2) is 0 Å². The van der Waals surface area contributed by atoms with Crippen molar-refractivity contribution in [1.82, 2.24) is 20.4 Å². The van der Waals surface area contributed by atoms with E-state index in [2.05, 4.69) is 26.6 Å². The number of nitrogens with one attached hydrogen (secondary N) is 2. The second kappa shape index (κ2) is 11.8. The zero-order valence-corrected chi connectivity index (χ0v) is 24.5. The van der Waals surface area contributed by atoms with Crippen molar-refractivity contribution in [1.29, 1.82) is 0 Å². The van der Waals surface area contributed by atoms with Crippen molar-refractivity contribution in [2.45, 2.75) is 69.7 Å². The summed E-state index contributed by atoms with van der Waals surface area (Å²) in [6.45, 7) is 0.720. The van der Waals surface area contributed by atoms with E-state index in [1.54, 1.807) is 24.3 Å². The standard InChI is InChI=1S/C30H31BrN4O7/c31-24-9-8-23(42-24)26(28(38)32-20-3-1-2-4-20)35(29(39)19-11-12-41-16-19)14-17-5-6-18-15-34(30(40)21(18)13-17)22-7-10-25(36)33-27(22)37/h5-6,8-9,11,13,20,22,26H,1-4,7,10,12,14-16H2,(H,32,38)(H,33,36,37). The Morgan fingerprint density at radius 3 is 2.62 bits per heavy atom. The quantitative estimate of drug-likeness (QED) is 0.424. The Balaban J connectivity index is 1.31. The van der Waals surface area contributed by atoms with Gasteiger partial charge in [-0.05, 0) is 70.6 Å². The highest BCUT2D eigenvalue weighted by molar-refractivity contribution is 9.10. The number of hydrogen-bond acceptors (Lipinski definition) is 7. The summed E-state index contributed by atoms with van der Waals surface area (Å²) in [5.74, 6) is -1.51. The Kier molecular flexibility index (Phi) is 8.00. The third kappa shape index (κ3) is 5.65. The Morgan fingerprint density at radius 1 is 1.12 bits per heavy atom. The third-order valence-corrected chi connectivity index (χ3v) is 8.74. The Morgan fingerprint density at radius 2 is 1.93 bits per heavy atom. The molecule has 11 nitrogen and oxygen atoms in total. The number of hydrogen-bond donors (Lipinski definition) is 2. The van der Waals surface area contributed by atoms with E-state index in [0.717, 1.165) is 31.2 Å². The van der Waals surface area contributed by atoms with Crippen LogP contribution in [0.4, 0.5) is 0 Å². The van der Waals surface area contributed by atoms with Gasteiger partial charge in [0, 0.05) is 36.7 Å². The second-order valence-electron chi connectivity index (χ2n) is 11.1. The van der Waals surface area contributed by atoms with E-state index >= 15 is 0 Å². The molecule has 0 spiro atoms. The van der Waals surface area contributed by atoms with Gasteiger partial charge in [-0.3, -0.25) is 29.3 Å². The average molecular weight is 640 g/mol. The van der Waals surface area contributed by atoms with Crippen LogP contribution in [0.5, 0.6) is 0 Å². The Hall–Kier alpha value is -3.77. The molecule has 1 aromatic carbocycles. The molecular weight excluding hydrogens is 608 g/mol. The minimum absolute atomic E-state index is 0.0240. The highest BCUT2D eigenvalue weighted by Crippen LogP contribution is 2.33. The number of halogens is 1. The van der Waals surface area contributed by atoms with Crippen molar-refractivity contribution in [2.24, 2.45) is 0 Å². The lowest BCUT2D eigenvalue weighted by atomic mass is 10.0. The van der Waals surface area contributed by atoms with Crippen molar-refractivity contribution in [3.63, 3.8) is 0 Å². The van der Waals surface area contributed by atoms with Gasteiger partial charge in [0.25, 0.3) is 17.7 Å². The summed E-state index contributed by atoms with van der Waals surface area (Å²) in [4.78, 5) is 68.2. The summed E-state index contributed by atoms with van der Waals surface area (Å²) >= 11 is 3.32. The molecule has 2 atom stereocenters. The maximum Gasteiger partial charge on any atom is 0.255 e. The van der Waals surface area contributed by atoms with E-state index in [-0.39, 0.29) is 62.2 Å². The molecule has 0 bridgehead atoms. The topological polar surface area (TPSA) is 138 Å². The predicted octanol–water partition coefficient (Wildman–Crippen LogP) is 2.89. The molecule has 2 aromatic rings. The average Bonchev–Trinajstić information content (AvgIpc) is 3.78. The number of piperidine rings is 1. The van der Waals surface area contributed by atoms with E-state index in [1.807, 2.05) is 12.1 Å². The van der Waals surface area contributed by atoms with Gasteiger partial charge in [-0.1, -0.05) is 25.0 Å². The largest absolute Gasteiger partial charge is 0.452 e. The van der Waals surface area contributed by atoms with Crippen molar-refractivity contribution in [3.8, 4) is 0 Å². The van der Waals surface area contributed by atoms with Gasteiger partial charge in [-0.15, -0.1) is 0 Å². The van der Waals surface area contributed by atoms with Crippen LogP contribution in [-0.2, 0) is 37.0 Å². The first-order chi connectivity index (χ1) is 20.3. The molecule has 4 heterocycles. The molecule has 1 aliphatic carbocycles. The van der Waals surface area contributed by atoms with Crippen LogP contribution in [0.1, 0.15) is 71.8 Å². The van der Waals surface area contributed by atoms with Crippen molar-refractivity contribution < 1.29 is 33.1 Å². The van der Waals surface area contributed by atoms with Gasteiger partial charge in [-0.2, -0.15) is 0 Å². The molecule has 5 amide bonds. The zero-order chi connectivity index (χ0) is 29.4. The molecule has 1 aromatic heterocycles. The van der Waals surface area contributed by atoms with Crippen molar-refractivity contribution >= 4 is 45.5 Å². The maximum absolute atomic E-state index is 13.9. The summed E-state index contributed by atoms with van der Waals surface area (Å²) in [5.41, 5.74) is 2.27. The molecule has 220 valence electrons. The van der Waals surface area contributed by atoms with Crippen LogP contribution in [0.15, 0.2) is 51.1 Å². The first-order valence-corrected chi connectivity index (χ1v) is 15.0. The van der Waals surface area contributed by atoms with Gasteiger partial charge in [0.1, 0.15) is 11.8 Å². The fourth-order valence-electron chi connectivity index (χ4n) is 6.15. The van der Waals surface area contributed by atoms with Crippen LogP contribution >= 0.6 is 15.9 Å². The highest BCUT2D eigenvalue weighted by atomic mass is 79.9. The van der Waals surface area contributed by atoms with Gasteiger partial charge < -0.3 is 24.3 Å². The first kappa shape index (κ1) is 28.4. The van der Waals surface area contributed by atoms with Crippen LogP contribution < -0.4 is 10.6 Å². The van der Waals surface area contributed by atoms with Crippen LogP contribution in [-0.4, -0.2) is 64.6 Å². The Bertz CT molecular complexity index is 1480. The van der Waals surface area contributed by atoms with Crippen LogP contribution in [0.3, 0.4) is 0 Å². The fourth-order valence-corrected chi connectivity index (χ4v) is 6.47. The molecule has 2 N–H and O–H groups in total. The maximum atomic E-state index is 13.9. The normalized spacial score (nSPS) is 21.3. The van der Waals surface area contributed by atoms with E-state index in [1.165, 1.54) is 9.80 Å². The number of carbonyl (C=O) groups is 5. The van der Waals surface area contributed by atoms with E-state index in [0.29, 0.717) is 33.7 Å². The van der Waals surface area contributed by atoms with Gasteiger partial charge in [0.15, 0.2) is 10.7 Å². The second-order valence-corrected chi connectivity index (χ2v) is 11.9. The molecule has 3 aliphatic heterocycles. The zero-order valence-electron chi connectivity index (χ0n) is 22.9. The van der Waals surface area contributed by atoms with Crippen LogP contribution in [0, 0.1) is 0 Å². The number of furan rings is 1. The van der Waals surface area contributed by atoms with Gasteiger partial charge >= 0.3 is 0 Å². The SMILES string of the molecule is O=C1CCC(N2Cc3ccc(CN(C(=O)C4=CCOC4)C(C(=O)NC4CCCC4)c4ccc(Br)o4)cc3C2=O)C(=O)N1. The molecule has 42 heavy (non-hydrogen) atoms. The van der Waals surface area contributed by atoms with Crippen LogP contribution in [0.2, 0.25) is 0 Å². The molecule has 4 aliphatic rings. The molecule has 2 unspecified atom stereocenters. The highest BCUT2D eigenvalue weighted by Gasteiger charge is 2.40. The molecule has 12 heteroatoms. The minimum atomic E-state index is -1.06. The molecular formula is C30H31BrN4O7. The van der Waals surface area contributed by atoms with E-state index in [4.69, 9.17) is 9.15 Å². The van der Waals surface area contributed by atoms with Gasteiger partial charge in [0.2, 0.25) is 11.8 Å². The minimum Gasteiger partial charge on any atom is -0.452 e.